The number of carboxylic acids is 1. The Kier molecular flexibility index (Phi) is 7.07. The molecule has 4 nitrogen and oxygen atoms in total. The summed E-state index contributed by atoms with van der Waals surface area (Å²) in [5.41, 5.74) is 8.76. The smallest absolute Gasteiger partial charge is 0.346 e. The maximum atomic E-state index is 11.7. The summed E-state index contributed by atoms with van der Waals surface area (Å²) in [6, 6.07) is 34.9. The summed E-state index contributed by atoms with van der Waals surface area (Å²) in [6.07, 6.45) is 1.46. The molecule has 41 heavy (non-hydrogen) atoms. The first-order chi connectivity index (χ1) is 19.9. The van der Waals surface area contributed by atoms with Gasteiger partial charge in [0.05, 0.1) is 10.2 Å². The quantitative estimate of drug-likeness (QED) is 0.160. The number of carbonyl (C=O) groups is 1. The van der Waals surface area contributed by atoms with Gasteiger partial charge in [-0.05, 0) is 83.6 Å². The van der Waals surface area contributed by atoms with Crippen LogP contribution < -0.4 is 0 Å². The lowest BCUT2D eigenvalue weighted by Crippen LogP contribution is -1.98. The molecule has 0 saturated heterocycles. The minimum absolute atomic E-state index is 0.305. The van der Waals surface area contributed by atoms with Crippen LogP contribution in [0.4, 0.5) is 0 Å². The predicted molar refractivity (Wildman–Crippen MR) is 170 cm³/mol. The largest absolute Gasteiger partial charge is 0.477 e. The van der Waals surface area contributed by atoms with Crippen LogP contribution in [-0.2, 0) is 4.79 Å². The molecular formula is C35H24N2O2S2. The summed E-state index contributed by atoms with van der Waals surface area (Å²) >= 11 is 3.31. The molecule has 6 heteroatoms. The van der Waals surface area contributed by atoms with E-state index in [1.165, 1.54) is 17.2 Å². The second-order valence-corrected chi connectivity index (χ2v) is 12.0. The second kappa shape index (κ2) is 11.0. The standard InChI is InChI=1S/C35H24N2O2S2/c1-21-3-6-24(7-4-21)31-15-16-32(40-31)29-13-12-26(18-27(29)19-28(20-36)35(38)39)23-8-10-25(11-9-23)34-37-30-17-22(2)5-14-33(30)41-34/h3-19H,1-2H3,(H,38,39). The third kappa shape index (κ3) is 5.46. The van der Waals surface area contributed by atoms with Crippen molar-refractivity contribution >= 4 is 44.9 Å². The average molecular weight is 569 g/mol. The number of carboxylic acid groups (broad SMARTS) is 1. The van der Waals surface area contributed by atoms with Crippen molar-refractivity contribution < 1.29 is 9.90 Å². The van der Waals surface area contributed by atoms with Crippen LogP contribution in [-0.4, -0.2) is 16.1 Å². The lowest BCUT2D eigenvalue weighted by molar-refractivity contribution is -0.132. The number of thiazole rings is 1. The molecule has 4 aromatic carbocycles. The lowest BCUT2D eigenvalue weighted by atomic mass is 9.96. The number of aliphatic carboxylic acids is 1. The molecule has 0 aliphatic carbocycles. The normalized spacial score (nSPS) is 11.5. The Labute approximate surface area is 246 Å². The van der Waals surface area contributed by atoms with Gasteiger partial charge in [0.1, 0.15) is 16.6 Å². The van der Waals surface area contributed by atoms with E-state index < -0.39 is 5.97 Å². The first-order valence-electron chi connectivity index (χ1n) is 13.0. The molecule has 0 radical (unpaired) electrons. The minimum Gasteiger partial charge on any atom is -0.477 e. The number of thiophene rings is 1. The van der Waals surface area contributed by atoms with Crippen molar-refractivity contribution in [2.45, 2.75) is 13.8 Å². The van der Waals surface area contributed by atoms with Gasteiger partial charge in [0.15, 0.2) is 0 Å². The van der Waals surface area contributed by atoms with Crippen LogP contribution in [0.25, 0.3) is 58.9 Å². The first-order valence-corrected chi connectivity index (χ1v) is 14.7. The molecule has 2 aromatic heterocycles. The monoisotopic (exact) mass is 568 g/mol. The fraction of sp³-hybridized carbons (Fsp3) is 0.0571. The van der Waals surface area contributed by atoms with Crippen LogP contribution in [0.1, 0.15) is 16.7 Å². The average Bonchev–Trinajstić information content (AvgIpc) is 3.64. The van der Waals surface area contributed by atoms with E-state index in [-0.39, 0.29) is 5.57 Å². The van der Waals surface area contributed by atoms with E-state index in [2.05, 4.69) is 86.6 Å². The number of hydrogen-bond acceptors (Lipinski definition) is 5. The molecule has 0 aliphatic heterocycles. The number of hydrogen-bond donors (Lipinski definition) is 1. The second-order valence-electron chi connectivity index (χ2n) is 9.87. The van der Waals surface area contributed by atoms with Crippen molar-refractivity contribution in [1.82, 2.24) is 4.98 Å². The van der Waals surface area contributed by atoms with Gasteiger partial charge in [-0.15, -0.1) is 22.7 Å². The highest BCUT2D eigenvalue weighted by molar-refractivity contribution is 7.21. The van der Waals surface area contributed by atoms with Gasteiger partial charge in [-0.25, -0.2) is 9.78 Å². The highest BCUT2D eigenvalue weighted by Crippen LogP contribution is 2.39. The van der Waals surface area contributed by atoms with Crippen LogP contribution in [0.15, 0.2) is 103 Å². The zero-order valence-corrected chi connectivity index (χ0v) is 24.0. The highest BCUT2D eigenvalue weighted by atomic mass is 32.1. The summed E-state index contributed by atoms with van der Waals surface area (Å²) in [5.74, 6) is -1.24. The first kappa shape index (κ1) is 26.4. The highest BCUT2D eigenvalue weighted by Gasteiger charge is 2.14. The molecule has 0 fully saturated rings. The Morgan fingerprint density at radius 1 is 0.756 bits per heavy atom. The number of benzene rings is 4. The molecule has 1 N–H and O–H groups in total. The van der Waals surface area contributed by atoms with E-state index in [1.54, 1.807) is 22.7 Å². The van der Waals surface area contributed by atoms with Gasteiger partial charge in [-0.3, -0.25) is 0 Å². The van der Waals surface area contributed by atoms with Gasteiger partial charge in [0.2, 0.25) is 0 Å². The van der Waals surface area contributed by atoms with Gasteiger partial charge < -0.3 is 5.11 Å². The molecule has 0 spiro atoms. The van der Waals surface area contributed by atoms with Crippen molar-refractivity contribution in [3.8, 4) is 48.6 Å². The molecule has 0 atom stereocenters. The SMILES string of the molecule is Cc1ccc(-c2ccc(-c3ccc(-c4ccc(-c5nc6cc(C)ccc6s5)cc4)cc3C=C(C#N)C(=O)O)s2)cc1. The molecular weight excluding hydrogens is 545 g/mol. The van der Waals surface area contributed by atoms with Crippen molar-refractivity contribution in [3.05, 3.63) is 119 Å². The molecule has 0 amide bonds. The molecule has 198 valence electrons. The van der Waals surface area contributed by atoms with Crippen molar-refractivity contribution in [2.24, 2.45) is 0 Å². The van der Waals surface area contributed by atoms with E-state index in [1.807, 2.05) is 30.3 Å². The van der Waals surface area contributed by atoms with Gasteiger partial charge in [-0.1, -0.05) is 72.3 Å². The Morgan fingerprint density at radius 3 is 2.15 bits per heavy atom. The maximum Gasteiger partial charge on any atom is 0.346 e. The van der Waals surface area contributed by atoms with Crippen LogP contribution >= 0.6 is 22.7 Å². The number of rotatable bonds is 6. The summed E-state index contributed by atoms with van der Waals surface area (Å²) in [5, 5.41) is 20.0. The Morgan fingerprint density at radius 2 is 1.41 bits per heavy atom. The van der Waals surface area contributed by atoms with Gasteiger partial charge >= 0.3 is 5.97 Å². The van der Waals surface area contributed by atoms with Crippen molar-refractivity contribution in [2.75, 3.05) is 0 Å². The van der Waals surface area contributed by atoms with E-state index in [4.69, 9.17) is 4.98 Å². The Bertz CT molecular complexity index is 1990. The van der Waals surface area contributed by atoms with Gasteiger partial charge in [0.25, 0.3) is 0 Å². The third-order valence-corrected chi connectivity index (χ3v) is 9.17. The fourth-order valence-electron chi connectivity index (χ4n) is 4.71. The molecule has 0 bridgehead atoms. The van der Waals surface area contributed by atoms with Gasteiger partial charge in [0, 0.05) is 15.3 Å². The Balaban J connectivity index is 1.38. The Hall–Kier alpha value is -4.83. The van der Waals surface area contributed by atoms with Crippen molar-refractivity contribution in [1.29, 1.82) is 5.26 Å². The number of nitriles is 1. The zero-order valence-electron chi connectivity index (χ0n) is 22.4. The molecule has 0 saturated carbocycles. The fourth-order valence-corrected chi connectivity index (χ4v) is 6.72. The van der Waals surface area contributed by atoms with E-state index in [9.17, 15) is 15.2 Å². The van der Waals surface area contributed by atoms with E-state index >= 15 is 0 Å². The number of fused-ring (bicyclic) bond motifs is 1. The molecule has 0 aliphatic rings. The van der Waals surface area contributed by atoms with Crippen molar-refractivity contribution in [3.63, 3.8) is 0 Å². The third-order valence-electron chi connectivity index (χ3n) is 6.92. The topological polar surface area (TPSA) is 74.0 Å². The summed E-state index contributed by atoms with van der Waals surface area (Å²) in [6.45, 7) is 4.13. The molecule has 6 aromatic rings. The van der Waals surface area contributed by atoms with Gasteiger partial charge in [-0.2, -0.15) is 5.26 Å². The summed E-state index contributed by atoms with van der Waals surface area (Å²) < 4.78 is 1.16. The molecule has 2 heterocycles. The van der Waals surface area contributed by atoms with Crippen LogP contribution in [0.5, 0.6) is 0 Å². The molecule has 6 rings (SSSR count). The van der Waals surface area contributed by atoms with Crippen LogP contribution in [0.2, 0.25) is 0 Å². The number of aryl methyl sites for hydroxylation is 2. The van der Waals surface area contributed by atoms with Crippen LogP contribution in [0.3, 0.4) is 0 Å². The number of aromatic nitrogens is 1. The predicted octanol–water partition coefficient (Wildman–Crippen LogP) is 9.63. The molecule has 0 unspecified atom stereocenters. The summed E-state index contributed by atoms with van der Waals surface area (Å²) in [4.78, 5) is 18.7. The van der Waals surface area contributed by atoms with E-state index in [0.717, 1.165) is 52.8 Å². The maximum absolute atomic E-state index is 11.7. The zero-order chi connectivity index (χ0) is 28.5. The lowest BCUT2D eigenvalue weighted by Gasteiger charge is -2.10. The van der Waals surface area contributed by atoms with Crippen LogP contribution in [0, 0.1) is 25.2 Å². The van der Waals surface area contributed by atoms with E-state index in [0.29, 0.717) is 5.56 Å². The summed E-state index contributed by atoms with van der Waals surface area (Å²) in [7, 11) is 0. The number of nitrogens with zero attached hydrogens (tertiary/aromatic N) is 2. The minimum atomic E-state index is -1.24.